The van der Waals surface area contributed by atoms with Crippen molar-refractivity contribution in [2.45, 2.75) is 18.5 Å². The molecule has 2 aromatic carbocycles. The van der Waals surface area contributed by atoms with Gasteiger partial charge in [-0.05, 0) is 61.5 Å². The Morgan fingerprint density at radius 1 is 0.947 bits per heavy atom. The predicted octanol–water partition coefficient (Wildman–Crippen LogP) is 4.77. The zero-order chi connectivity index (χ0) is 13.4. The van der Waals surface area contributed by atoms with Crippen LogP contribution in [0.3, 0.4) is 0 Å². The van der Waals surface area contributed by atoms with E-state index in [1.54, 1.807) is 0 Å². The molecule has 0 saturated heterocycles. The fourth-order valence-electron chi connectivity index (χ4n) is 2.62. The number of hydrogen-bond acceptors (Lipinski definition) is 2. The highest BCUT2D eigenvalue weighted by atomic mass is 79.9. The van der Waals surface area contributed by atoms with Gasteiger partial charge >= 0.3 is 0 Å². The molecule has 3 rings (SSSR count). The van der Waals surface area contributed by atoms with E-state index in [4.69, 9.17) is 5.73 Å². The molecule has 0 spiro atoms. The minimum Gasteiger partial charge on any atom is -0.376 e. The van der Waals surface area contributed by atoms with Crippen LogP contribution >= 0.6 is 31.9 Å². The molecule has 3 N–H and O–H groups in total. The molecule has 2 aromatic rings. The number of fused-ring (bicyclic) bond motifs is 1. The van der Waals surface area contributed by atoms with Crippen LogP contribution in [0, 0.1) is 0 Å². The van der Waals surface area contributed by atoms with Gasteiger partial charge in [-0.15, -0.1) is 0 Å². The molecule has 1 aliphatic carbocycles. The minimum absolute atomic E-state index is 0.120. The summed E-state index contributed by atoms with van der Waals surface area (Å²) < 4.78 is 2.11. The van der Waals surface area contributed by atoms with Crippen molar-refractivity contribution in [2.24, 2.45) is 5.73 Å². The molecular formula is C15H14Br2N2. The zero-order valence-corrected chi connectivity index (χ0v) is 13.4. The van der Waals surface area contributed by atoms with Gasteiger partial charge in [0.2, 0.25) is 0 Å². The minimum atomic E-state index is 0.120. The first-order chi connectivity index (χ1) is 9.16. The van der Waals surface area contributed by atoms with Gasteiger partial charge in [0.05, 0.1) is 11.7 Å². The van der Waals surface area contributed by atoms with Crippen molar-refractivity contribution < 1.29 is 0 Å². The van der Waals surface area contributed by atoms with Gasteiger partial charge in [-0.1, -0.05) is 30.3 Å². The molecule has 0 fully saturated rings. The van der Waals surface area contributed by atoms with E-state index in [0.29, 0.717) is 0 Å². The molecule has 1 aliphatic rings. The average molecular weight is 382 g/mol. The van der Waals surface area contributed by atoms with Crippen molar-refractivity contribution in [2.75, 3.05) is 5.32 Å². The summed E-state index contributed by atoms with van der Waals surface area (Å²) in [5.74, 6) is 0. The fraction of sp³-hybridized carbons (Fsp3) is 0.200. The molecule has 2 atom stereocenters. The topological polar surface area (TPSA) is 38.0 Å². The van der Waals surface area contributed by atoms with Gasteiger partial charge in [0.1, 0.15) is 0 Å². The third-order valence-electron chi connectivity index (χ3n) is 3.54. The van der Waals surface area contributed by atoms with Crippen molar-refractivity contribution in [1.82, 2.24) is 0 Å². The maximum absolute atomic E-state index is 6.20. The van der Waals surface area contributed by atoms with Gasteiger partial charge in [-0.25, -0.2) is 0 Å². The van der Waals surface area contributed by atoms with Gasteiger partial charge in [0, 0.05) is 15.0 Å². The molecule has 0 bridgehead atoms. The molecule has 19 heavy (non-hydrogen) atoms. The van der Waals surface area contributed by atoms with Crippen LogP contribution in [0.25, 0.3) is 0 Å². The van der Waals surface area contributed by atoms with Crippen molar-refractivity contribution in [3.05, 3.63) is 62.5 Å². The molecule has 0 aliphatic heterocycles. The Hall–Kier alpha value is -0.840. The monoisotopic (exact) mass is 380 g/mol. The molecule has 2 unspecified atom stereocenters. The second kappa shape index (κ2) is 5.27. The highest BCUT2D eigenvalue weighted by Gasteiger charge is 2.28. The highest BCUT2D eigenvalue weighted by Crippen LogP contribution is 2.41. The summed E-state index contributed by atoms with van der Waals surface area (Å²) in [5, 5.41) is 3.59. The van der Waals surface area contributed by atoms with Crippen LogP contribution in [0.4, 0.5) is 5.69 Å². The first-order valence-corrected chi connectivity index (χ1v) is 7.80. The summed E-state index contributed by atoms with van der Waals surface area (Å²) in [6, 6.07) is 14.9. The Balaban J connectivity index is 1.94. The van der Waals surface area contributed by atoms with Crippen LogP contribution in [0.1, 0.15) is 29.6 Å². The van der Waals surface area contributed by atoms with Crippen LogP contribution in [0.5, 0.6) is 0 Å². The SMILES string of the molecule is NC1CC(Nc2c(Br)cccc2Br)c2ccccc21. The Bertz CT molecular complexity index is 593. The lowest BCUT2D eigenvalue weighted by Gasteiger charge is -2.18. The summed E-state index contributed by atoms with van der Waals surface area (Å²) >= 11 is 7.17. The van der Waals surface area contributed by atoms with Crippen LogP contribution in [-0.4, -0.2) is 0 Å². The van der Waals surface area contributed by atoms with Gasteiger partial charge in [0.15, 0.2) is 0 Å². The summed E-state index contributed by atoms with van der Waals surface area (Å²) in [5.41, 5.74) is 9.84. The molecule has 0 amide bonds. The predicted molar refractivity (Wildman–Crippen MR) is 86.2 cm³/mol. The summed E-state index contributed by atoms with van der Waals surface area (Å²) in [6.07, 6.45) is 0.924. The molecule has 2 nitrogen and oxygen atoms in total. The van der Waals surface area contributed by atoms with E-state index in [2.05, 4.69) is 61.4 Å². The average Bonchev–Trinajstić information content (AvgIpc) is 2.72. The van der Waals surface area contributed by atoms with E-state index in [1.807, 2.05) is 18.2 Å². The van der Waals surface area contributed by atoms with E-state index < -0.39 is 0 Å². The number of nitrogens with two attached hydrogens (primary N) is 1. The zero-order valence-electron chi connectivity index (χ0n) is 10.2. The lowest BCUT2D eigenvalue weighted by molar-refractivity contribution is 0.648. The smallest absolute Gasteiger partial charge is 0.0633 e. The molecule has 98 valence electrons. The Morgan fingerprint density at radius 2 is 1.58 bits per heavy atom. The Kier molecular flexibility index (Phi) is 3.65. The third kappa shape index (κ3) is 2.45. The molecule has 4 heteroatoms. The highest BCUT2D eigenvalue weighted by molar-refractivity contribution is 9.11. The van der Waals surface area contributed by atoms with Crippen molar-refractivity contribution in [3.63, 3.8) is 0 Å². The van der Waals surface area contributed by atoms with Gasteiger partial charge in [0.25, 0.3) is 0 Å². The second-order valence-corrected chi connectivity index (χ2v) is 6.47. The number of benzene rings is 2. The van der Waals surface area contributed by atoms with Crippen LogP contribution in [0.15, 0.2) is 51.4 Å². The largest absolute Gasteiger partial charge is 0.376 e. The summed E-state index contributed by atoms with van der Waals surface area (Å²) in [7, 11) is 0. The summed E-state index contributed by atoms with van der Waals surface area (Å²) in [4.78, 5) is 0. The number of hydrogen-bond donors (Lipinski definition) is 2. The molecule has 0 radical (unpaired) electrons. The maximum atomic E-state index is 6.20. The van der Waals surface area contributed by atoms with Crippen LogP contribution < -0.4 is 11.1 Å². The fourth-order valence-corrected chi connectivity index (χ4v) is 3.85. The van der Waals surface area contributed by atoms with Crippen molar-refractivity contribution in [3.8, 4) is 0 Å². The van der Waals surface area contributed by atoms with Crippen molar-refractivity contribution in [1.29, 1.82) is 0 Å². The Labute approximate surface area is 129 Å². The first kappa shape index (κ1) is 13.2. The van der Waals surface area contributed by atoms with Gasteiger partial charge in [-0.3, -0.25) is 0 Å². The van der Waals surface area contributed by atoms with E-state index in [0.717, 1.165) is 21.1 Å². The van der Waals surface area contributed by atoms with E-state index in [-0.39, 0.29) is 12.1 Å². The number of halogens is 2. The number of rotatable bonds is 2. The van der Waals surface area contributed by atoms with E-state index in [1.165, 1.54) is 11.1 Å². The van der Waals surface area contributed by atoms with Crippen LogP contribution in [-0.2, 0) is 0 Å². The summed E-state index contributed by atoms with van der Waals surface area (Å²) in [6.45, 7) is 0. The third-order valence-corrected chi connectivity index (χ3v) is 4.86. The normalized spacial score (nSPS) is 21.2. The molecule has 0 saturated carbocycles. The van der Waals surface area contributed by atoms with Gasteiger partial charge in [-0.2, -0.15) is 0 Å². The lowest BCUT2D eigenvalue weighted by Crippen LogP contribution is -2.10. The van der Waals surface area contributed by atoms with Crippen molar-refractivity contribution >= 4 is 37.5 Å². The lowest BCUT2D eigenvalue weighted by atomic mass is 10.1. The standard InChI is InChI=1S/C15H14Br2N2/c16-11-6-3-7-12(17)15(11)19-14-8-13(18)9-4-1-2-5-10(9)14/h1-7,13-14,19H,8,18H2. The number of para-hydroxylation sites is 1. The number of anilines is 1. The number of nitrogens with one attached hydrogen (secondary N) is 1. The second-order valence-electron chi connectivity index (χ2n) is 4.76. The van der Waals surface area contributed by atoms with Gasteiger partial charge < -0.3 is 11.1 Å². The molecule has 0 heterocycles. The first-order valence-electron chi connectivity index (χ1n) is 6.22. The molecular weight excluding hydrogens is 368 g/mol. The van der Waals surface area contributed by atoms with E-state index in [9.17, 15) is 0 Å². The molecule has 0 aromatic heterocycles. The Morgan fingerprint density at radius 3 is 2.26 bits per heavy atom. The van der Waals surface area contributed by atoms with Crippen LogP contribution in [0.2, 0.25) is 0 Å². The maximum Gasteiger partial charge on any atom is 0.0633 e. The van der Waals surface area contributed by atoms with E-state index >= 15 is 0 Å². The quantitative estimate of drug-likeness (QED) is 0.786.